The molecule has 2 nitrogen and oxygen atoms in total. The fourth-order valence-corrected chi connectivity index (χ4v) is 4.12. The summed E-state index contributed by atoms with van der Waals surface area (Å²) in [6.45, 7) is 0. The predicted octanol–water partition coefficient (Wildman–Crippen LogP) is 4.75. The van der Waals surface area contributed by atoms with Crippen LogP contribution in [0.1, 0.15) is 5.01 Å². The highest BCUT2D eigenvalue weighted by Gasteiger charge is 2.10. The summed E-state index contributed by atoms with van der Waals surface area (Å²) >= 11 is 6.75. The number of benzene rings is 2. The van der Waals surface area contributed by atoms with Crippen LogP contribution < -0.4 is 0 Å². The van der Waals surface area contributed by atoms with Gasteiger partial charge in [0.05, 0.1) is 21.3 Å². The van der Waals surface area contributed by atoms with Crippen LogP contribution in [-0.4, -0.2) is 21.9 Å². The SMILES string of the molecule is OC(CSc1ccc(Br)cc1)Cc1nc2ccccc2s1. The molecule has 3 rings (SSSR count). The topological polar surface area (TPSA) is 33.1 Å². The number of halogens is 1. The summed E-state index contributed by atoms with van der Waals surface area (Å²) in [6.07, 6.45) is 0.238. The molecule has 1 aromatic heterocycles. The smallest absolute Gasteiger partial charge is 0.0964 e. The highest BCUT2D eigenvalue weighted by Crippen LogP contribution is 2.25. The first-order valence-corrected chi connectivity index (χ1v) is 9.21. The molecule has 0 saturated heterocycles. The second-order valence-corrected chi connectivity index (χ2v) is 7.82. The normalized spacial score (nSPS) is 12.7. The zero-order chi connectivity index (χ0) is 14.7. The van der Waals surface area contributed by atoms with Crippen molar-refractivity contribution in [2.24, 2.45) is 0 Å². The Kier molecular flexibility index (Phi) is 4.95. The van der Waals surface area contributed by atoms with E-state index in [-0.39, 0.29) is 6.10 Å². The maximum Gasteiger partial charge on any atom is 0.0964 e. The number of fused-ring (bicyclic) bond motifs is 1. The summed E-state index contributed by atoms with van der Waals surface area (Å²) in [7, 11) is 0. The van der Waals surface area contributed by atoms with E-state index in [1.54, 1.807) is 23.1 Å². The minimum atomic E-state index is -0.376. The summed E-state index contributed by atoms with van der Waals surface area (Å²) < 4.78 is 2.25. The second-order valence-electron chi connectivity index (χ2n) is 4.70. The van der Waals surface area contributed by atoms with Gasteiger partial charge in [-0.2, -0.15) is 0 Å². The quantitative estimate of drug-likeness (QED) is 0.649. The lowest BCUT2D eigenvalue weighted by molar-refractivity contribution is 0.200. The fourth-order valence-electron chi connectivity index (χ4n) is 1.99. The number of hydrogen-bond acceptors (Lipinski definition) is 4. The molecule has 1 unspecified atom stereocenters. The van der Waals surface area contributed by atoms with Crippen molar-refractivity contribution < 1.29 is 5.11 Å². The Morgan fingerprint density at radius 2 is 1.90 bits per heavy atom. The summed E-state index contributed by atoms with van der Waals surface area (Å²) in [6, 6.07) is 16.2. The van der Waals surface area contributed by atoms with Gasteiger partial charge in [0.25, 0.3) is 0 Å². The molecule has 2 aromatic carbocycles. The Balaban J connectivity index is 1.58. The van der Waals surface area contributed by atoms with Crippen molar-refractivity contribution in [2.75, 3.05) is 5.75 Å². The number of thiazole rings is 1. The van der Waals surface area contributed by atoms with E-state index in [2.05, 4.69) is 39.1 Å². The zero-order valence-electron chi connectivity index (χ0n) is 11.2. The summed E-state index contributed by atoms with van der Waals surface area (Å²) in [4.78, 5) is 5.73. The minimum Gasteiger partial charge on any atom is -0.392 e. The maximum absolute atomic E-state index is 10.2. The van der Waals surface area contributed by atoms with E-state index >= 15 is 0 Å². The number of aromatic nitrogens is 1. The average Bonchev–Trinajstić information content (AvgIpc) is 2.88. The highest BCUT2D eigenvalue weighted by atomic mass is 79.9. The third kappa shape index (κ3) is 4.07. The molecule has 5 heteroatoms. The number of thioether (sulfide) groups is 1. The van der Waals surface area contributed by atoms with Gasteiger partial charge in [-0.15, -0.1) is 23.1 Å². The fraction of sp³-hybridized carbons (Fsp3) is 0.188. The van der Waals surface area contributed by atoms with Crippen molar-refractivity contribution in [3.63, 3.8) is 0 Å². The summed E-state index contributed by atoms with van der Waals surface area (Å²) in [5, 5.41) is 11.2. The molecule has 3 aromatic rings. The molecule has 0 saturated carbocycles. The molecule has 0 spiro atoms. The molecule has 0 fully saturated rings. The van der Waals surface area contributed by atoms with Crippen LogP contribution in [0, 0.1) is 0 Å². The first-order valence-electron chi connectivity index (χ1n) is 6.61. The lowest BCUT2D eigenvalue weighted by atomic mass is 10.3. The molecule has 1 atom stereocenters. The largest absolute Gasteiger partial charge is 0.392 e. The van der Waals surface area contributed by atoms with Gasteiger partial charge < -0.3 is 5.11 Å². The number of rotatable bonds is 5. The number of hydrogen-bond donors (Lipinski definition) is 1. The van der Waals surface area contributed by atoms with Crippen molar-refractivity contribution in [2.45, 2.75) is 17.4 Å². The Morgan fingerprint density at radius 1 is 1.14 bits per heavy atom. The van der Waals surface area contributed by atoms with Crippen LogP contribution in [0.3, 0.4) is 0 Å². The molecular weight excluding hydrogens is 366 g/mol. The van der Waals surface area contributed by atoms with Crippen LogP contribution in [0.4, 0.5) is 0 Å². The van der Waals surface area contributed by atoms with E-state index in [9.17, 15) is 5.11 Å². The van der Waals surface area contributed by atoms with Crippen molar-refractivity contribution in [3.05, 3.63) is 58.0 Å². The van der Waals surface area contributed by atoms with Gasteiger partial charge in [0.2, 0.25) is 0 Å². The maximum atomic E-state index is 10.2. The van der Waals surface area contributed by atoms with E-state index in [1.165, 1.54) is 9.60 Å². The lowest BCUT2D eigenvalue weighted by Gasteiger charge is -2.08. The standard InChI is InChI=1S/C16H14BrNOS2/c17-11-5-7-13(8-6-11)20-10-12(19)9-16-18-14-3-1-2-4-15(14)21-16/h1-8,12,19H,9-10H2. The number of nitrogens with zero attached hydrogens (tertiary/aromatic N) is 1. The zero-order valence-corrected chi connectivity index (χ0v) is 14.4. The molecule has 0 aliphatic heterocycles. The molecule has 1 heterocycles. The highest BCUT2D eigenvalue weighted by molar-refractivity contribution is 9.10. The van der Waals surface area contributed by atoms with Gasteiger partial charge >= 0.3 is 0 Å². The molecule has 0 aliphatic rings. The van der Waals surface area contributed by atoms with E-state index < -0.39 is 0 Å². The first-order chi connectivity index (χ1) is 10.2. The molecule has 108 valence electrons. The molecule has 0 amide bonds. The van der Waals surface area contributed by atoms with Crippen molar-refractivity contribution in [1.29, 1.82) is 0 Å². The van der Waals surface area contributed by atoms with Crippen LogP contribution in [0.2, 0.25) is 0 Å². The molecule has 0 aliphatic carbocycles. The van der Waals surface area contributed by atoms with Crippen molar-refractivity contribution in [3.8, 4) is 0 Å². The van der Waals surface area contributed by atoms with E-state index in [0.717, 1.165) is 15.0 Å². The minimum absolute atomic E-state index is 0.376. The van der Waals surface area contributed by atoms with Crippen molar-refractivity contribution >= 4 is 49.2 Å². The molecule has 0 radical (unpaired) electrons. The van der Waals surface area contributed by atoms with Crippen LogP contribution in [-0.2, 0) is 6.42 Å². The number of aliphatic hydroxyl groups excluding tert-OH is 1. The number of para-hydroxylation sites is 1. The Hall–Kier alpha value is -0.880. The predicted molar refractivity (Wildman–Crippen MR) is 94.2 cm³/mol. The van der Waals surface area contributed by atoms with Crippen LogP contribution in [0.5, 0.6) is 0 Å². The molecule has 21 heavy (non-hydrogen) atoms. The van der Waals surface area contributed by atoms with E-state index in [1.807, 2.05) is 30.3 Å². The van der Waals surface area contributed by atoms with Crippen LogP contribution in [0.15, 0.2) is 57.9 Å². The van der Waals surface area contributed by atoms with Gasteiger partial charge in [-0.1, -0.05) is 28.1 Å². The van der Waals surface area contributed by atoms with Gasteiger partial charge in [0, 0.05) is 21.5 Å². The third-order valence-corrected chi connectivity index (χ3v) is 5.75. The third-order valence-electron chi connectivity index (χ3n) is 3.00. The molecular formula is C16H14BrNOS2. The van der Waals surface area contributed by atoms with Gasteiger partial charge in [-0.05, 0) is 36.4 Å². The Labute approximate surface area is 140 Å². The Morgan fingerprint density at radius 3 is 2.67 bits per heavy atom. The summed E-state index contributed by atoms with van der Waals surface area (Å²) in [5.74, 6) is 0.678. The van der Waals surface area contributed by atoms with Gasteiger partial charge in [0.1, 0.15) is 0 Å². The van der Waals surface area contributed by atoms with E-state index in [4.69, 9.17) is 0 Å². The Bertz CT molecular complexity index is 693. The van der Waals surface area contributed by atoms with Gasteiger partial charge in [0.15, 0.2) is 0 Å². The molecule has 0 bridgehead atoms. The second kappa shape index (κ2) is 6.92. The van der Waals surface area contributed by atoms with Gasteiger partial charge in [-0.25, -0.2) is 4.98 Å². The lowest BCUT2D eigenvalue weighted by Crippen LogP contribution is -2.13. The average molecular weight is 380 g/mol. The van der Waals surface area contributed by atoms with Gasteiger partial charge in [-0.3, -0.25) is 0 Å². The van der Waals surface area contributed by atoms with Crippen LogP contribution in [0.25, 0.3) is 10.2 Å². The van der Waals surface area contributed by atoms with Crippen molar-refractivity contribution in [1.82, 2.24) is 4.98 Å². The monoisotopic (exact) mass is 379 g/mol. The van der Waals surface area contributed by atoms with E-state index in [0.29, 0.717) is 12.2 Å². The molecule has 1 N–H and O–H groups in total. The first kappa shape index (κ1) is 15.0. The number of aliphatic hydroxyl groups is 1. The van der Waals surface area contributed by atoms with Crippen LogP contribution >= 0.6 is 39.0 Å². The summed E-state index contributed by atoms with van der Waals surface area (Å²) in [5.41, 5.74) is 1.02.